The number of hydrogen-bond acceptors (Lipinski definition) is 5. The van der Waals surface area contributed by atoms with Crippen molar-refractivity contribution in [2.45, 2.75) is 19.2 Å². The molecule has 5 rings (SSSR count). The molecule has 2 aliphatic rings. The lowest BCUT2D eigenvalue weighted by molar-refractivity contribution is -0.0229. The number of hydrogen-bond donors (Lipinski definition) is 1. The third kappa shape index (κ3) is 3.47. The Bertz CT molecular complexity index is 1040. The maximum atomic E-state index is 13.0. The molecule has 1 N–H and O–H groups in total. The maximum absolute atomic E-state index is 13.0. The molecular weight excluding hydrogens is 368 g/mol. The molecule has 150 valence electrons. The van der Waals surface area contributed by atoms with Crippen LogP contribution in [0.15, 0.2) is 42.6 Å². The van der Waals surface area contributed by atoms with E-state index in [2.05, 4.69) is 33.1 Å². The zero-order valence-electron chi connectivity index (χ0n) is 16.4. The first-order valence-corrected chi connectivity index (χ1v) is 9.96. The molecule has 0 bridgehead atoms. The molecule has 1 saturated heterocycles. The Labute approximate surface area is 169 Å². The lowest BCUT2D eigenvalue weighted by Gasteiger charge is -2.33. The summed E-state index contributed by atoms with van der Waals surface area (Å²) in [5.74, 6) is 1.74. The quantitative estimate of drug-likeness (QED) is 0.741. The highest BCUT2D eigenvalue weighted by Crippen LogP contribution is 2.28. The fourth-order valence-corrected chi connectivity index (χ4v) is 4.06. The molecule has 1 amide bonds. The van der Waals surface area contributed by atoms with E-state index in [-0.39, 0.29) is 12.0 Å². The monoisotopic (exact) mass is 392 g/mol. The van der Waals surface area contributed by atoms with E-state index in [0.717, 1.165) is 41.0 Å². The number of imidazole rings is 1. The number of aromatic nitrogens is 2. The van der Waals surface area contributed by atoms with Crippen molar-refractivity contribution in [2.75, 3.05) is 33.4 Å². The van der Waals surface area contributed by atoms with Gasteiger partial charge in [-0.15, -0.1) is 0 Å². The highest BCUT2D eigenvalue weighted by molar-refractivity contribution is 5.92. The molecule has 1 atom stereocenters. The van der Waals surface area contributed by atoms with Crippen molar-refractivity contribution >= 4 is 16.7 Å². The summed E-state index contributed by atoms with van der Waals surface area (Å²) >= 11 is 0. The molecule has 3 heterocycles. The Hall–Kier alpha value is -2.90. The van der Waals surface area contributed by atoms with Crippen LogP contribution in [0.1, 0.15) is 28.0 Å². The second-order valence-corrected chi connectivity index (χ2v) is 7.50. The largest absolute Gasteiger partial charge is 0.497 e. The molecule has 2 aliphatic heterocycles. The zero-order valence-corrected chi connectivity index (χ0v) is 16.4. The molecule has 3 aromatic rings. The summed E-state index contributed by atoms with van der Waals surface area (Å²) in [6.45, 7) is 4.10. The van der Waals surface area contributed by atoms with Crippen molar-refractivity contribution in [1.82, 2.24) is 19.8 Å². The lowest BCUT2D eigenvalue weighted by atomic mass is 10.0. The van der Waals surface area contributed by atoms with Crippen molar-refractivity contribution in [2.24, 2.45) is 0 Å². The highest BCUT2D eigenvalue weighted by atomic mass is 16.5. The van der Waals surface area contributed by atoms with Crippen LogP contribution in [0.25, 0.3) is 10.8 Å². The van der Waals surface area contributed by atoms with Crippen molar-refractivity contribution in [3.05, 3.63) is 59.7 Å². The van der Waals surface area contributed by atoms with Crippen LogP contribution in [0.2, 0.25) is 0 Å². The Morgan fingerprint density at radius 1 is 1.21 bits per heavy atom. The van der Waals surface area contributed by atoms with E-state index < -0.39 is 0 Å². The average Bonchev–Trinajstić information content (AvgIpc) is 3.22. The summed E-state index contributed by atoms with van der Waals surface area (Å²) in [5.41, 5.74) is 1.60. The molecule has 7 heteroatoms. The molecule has 0 saturated carbocycles. The van der Waals surface area contributed by atoms with Gasteiger partial charge in [-0.2, -0.15) is 0 Å². The van der Waals surface area contributed by atoms with Gasteiger partial charge >= 0.3 is 0 Å². The van der Waals surface area contributed by atoms with Gasteiger partial charge in [-0.25, -0.2) is 4.98 Å². The number of morpholine rings is 1. The van der Waals surface area contributed by atoms with Crippen molar-refractivity contribution < 1.29 is 14.3 Å². The SMILES string of the molecule is COc1ccc2cc(C3CN(C(=O)c4cn5c(n4)CNCC5)CCO3)ccc2c1. The number of ether oxygens (including phenoxy) is 2. The number of carbonyl (C=O) groups excluding carboxylic acids is 1. The number of carbonyl (C=O) groups is 1. The molecule has 0 radical (unpaired) electrons. The first-order valence-electron chi connectivity index (χ1n) is 9.96. The fourth-order valence-electron chi connectivity index (χ4n) is 4.06. The van der Waals surface area contributed by atoms with Crippen molar-refractivity contribution in [3.63, 3.8) is 0 Å². The summed E-state index contributed by atoms with van der Waals surface area (Å²) < 4.78 is 13.4. The average molecular weight is 392 g/mol. The van der Waals surface area contributed by atoms with Crippen LogP contribution >= 0.6 is 0 Å². The Kier molecular flexibility index (Phi) is 4.69. The summed E-state index contributed by atoms with van der Waals surface area (Å²) in [6, 6.07) is 12.3. The van der Waals surface area contributed by atoms with Crippen LogP contribution in [0.4, 0.5) is 0 Å². The minimum absolute atomic E-state index is 0.0225. The van der Waals surface area contributed by atoms with E-state index in [1.165, 1.54) is 0 Å². The topological polar surface area (TPSA) is 68.6 Å². The molecule has 2 aromatic carbocycles. The van der Waals surface area contributed by atoms with Gasteiger partial charge in [0.05, 0.1) is 26.8 Å². The minimum atomic E-state index is -0.141. The van der Waals surface area contributed by atoms with Gasteiger partial charge < -0.3 is 24.3 Å². The second-order valence-electron chi connectivity index (χ2n) is 7.50. The highest BCUT2D eigenvalue weighted by Gasteiger charge is 2.28. The van der Waals surface area contributed by atoms with E-state index >= 15 is 0 Å². The normalized spacial score (nSPS) is 19.2. The number of fused-ring (bicyclic) bond motifs is 2. The molecule has 1 aromatic heterocycles. The first kappa shape index (κ1) is 18.1. The lowest BCUT2D eigenvalue weighted by Crippen LogP contribution is -2.42. The van der Waals surface area contributed by atoms with Crippen LogP contribution in [0.5, 0.6) is 5.75 Å². The number of amides is 1. The van der Waals surface area contributed by atoms with Crippen LogP contribution in [0.3, 0.4) is 0 Å². The predicted molar refractivity (Wildman–Crippen MR) is 109 cm³/mol. The smallest absolute Gasteiger partial charge is 0.274 e. The first-order chi connectivity index (χ1) is 14.2. The minimum Gasteiger partial charge on any atom is -0.497 e. The van der Waals surface area contributed by atoms with Crippen LogP contribution < -0.4 is 10.1 Å². The summed E-state index contributed by atoms with van der Waals surface area (Å²) in [4.78, 5) is 19.4. The van der Waals surface area contributed by atoms with Gasteiger partial charge in [-0.1, -0.05) is 18.2 Å². The van der Waals surface area contributed by atoms with Gasteiger partial charge in [0.2, 0.25) is 0 Å². The molecule has 1 fully saturated rings. The van der Waals surface area contributed by atoms with Gasteiger partial charge in [-0.05, 0) is 34.5 Å². The molecule has 7 nitrogen and oxygen atoms in total. The Morgan fingerprint density at radius 3 is 2.93 bits per heavy atom. The summed E-state index contributed by atoms with van der Waals surface area (Å²) in [7, 11) is 1.67. The second kappa shape index (κ2) is 7.50. The van der Waals surface area contributed by atoms with Crippen LogP contribution in [-0.2, 0) is 17.8 Å². The fraction of sp³-hybridized carbons (Fsp3) is 0.364. The summed E-state index contributed by atoms with van der Waals surface area (Å²) in [5, 5.41) is 5.54. The molecule has 29 heavy (non-hydrogen) atoms. The number of rotatable bonds is 3. The van der Waals surface area contributed by atoms with Crippen molar-refractivity contribution in [3.8, 4) is 5.75 Å². The zero-order chi connectivity index (χ0) is 19.8. The van der Waals surface area contributed by atoms with Gasteiger partial charge in [0.25, 0.3) is 5.91 Å². The number of benzene rings is 2. The van der Waals surface area contributed by atoms with E-state index in [1.807, 2.05) is 29.3 Å². The predicted octanol–water partition coefficient (Wildman–Crippen LogP) is 2.36. The Morgan fingerprint density at radius 2 is 2.07 bits per heavy atom. The van der Waals surface area contributed by atoms with E-state index in [4.69, 9.17) is 9.47 Å². The molecule has 0 aliphatic carbocycles. The van der Waals surface area contributed by atoms with Crippen molar-refractivity contribution in [1.29, 1.82) is 0 Å². The number of nitrogens with one attached hydrogen (secondary N) is 1. The molecule has 0 spiro atoms. The van der Waals surface area contributed by atoms with Gasteiger partial charge in [0.15, 0.2) is 0 Å². The van der Waals surface area contributed by atoms with Crippen LogP contribution in [-0.4, -0.2) is 53.7 Å². The van der Waals surface area contributed by atoms with Gasteiger partial charge in [0.1, 0.15) is 23.4 Å². The maximum Gasteiger partial charge on any atom is 0.274 e. The van der Waals surface area contributed by atoms with Gasteiger partial charge in [-0.3, -0.25) is 4.79 Å². The standard InChI is InChI=1S/C22H24N4O3/c1-28-18-5-4-15-10-17(3-2-16(15)11-18)20-14-26(8-9-29-20)22(27)19-13-25-7-6-23-12-21(25)24-19/h2-5,10-11,13,20,23H,6-9,12,14H2,1H3. The van der Waals surface area contributed by atoms with E-state index in [1.54, 1.807) is 7.11 Å². The van der Waals surface area contributed by atoms with Gasteiger partial charge in [0, 0.05) is 25.8 Å². The van der Waals surface area contributed by atoms with Crippen LogP contribution in [0, 0.1) is 0 Å². The third-order valence-corrected chi connectivity index (χ3v) is 5.69. The molecular formula is C22H24N4O3. The Balaban J connectivity index is 1.35. The third-order valence-electron chi connectivity index (χ3n) is 5.69. The van der Waals surface area contributed by atoms with E-state index in [0.29, 0.717) is 31.9 Å². The summed E-state index contributed by atoms with van der Waals surface area (Å²) in [6.07, 6.45) is 1.74. The number of nitrogens with zero attached hydrogens (tertiary/aromatic N) is 3. The molecule has 1 unspecified atom stereocenters. The van der Waals surface area contributed by atoms with E-state index in [9.17, 15) is 4.79 Å². The number of methoxy groups -OCH3 is 1.